The molecule has 1 atom stereocenters. The summed E-state index contributed by atoms with van der Waals surface area (Å²) in [7, 11) is 0. The van der Waals surface area contributed by atoms with Gasteiger partial charge in [-0.05, 0) is 45.1 Å². The van der Waals surface area contributed by atoms with Crippen molar-refractivity contribution in [3.8, 4) is 0 Å². The van der Waals surface area contributed by atoms with Crippen molar-refractivity contribution in [2.45, 2.75) is 44.6 Å². The van der Waals surface area contributed by atoms with Crippen LogP contribution in [0.5, 0.6) is 0 Å². The van der Waals surface area contributed by atoms with Crippen LogP contribution in [0.1, 0.15) is 39.0 Å². The highest BCUT2D eigenvalue weighted by molar-refractivity contribution is 4.83. The Morgan fingerprint density at radius 2 is 2.23 bits per heavy atom. The quantitative estimate of drug-likeness (QED) is 0.722. The van der Waals surface area contributed by atoms with E-state index in [1.807, 2.05) is 0 Å². The number of hydrogen-bond donors (Lipinski definition) is 1. The van der Waals surface area contributed by atoms with Crippen molar-refractivity contribution in [3.05, 3.63) is 0 Å². The van der Waals surface area contributed by atoms with Crippen LogP contribution in [0.25, 0.3) is 0 Å². The van der Waals surface area contributed by atoms with E-state index in [-0.39, 0.29) is 5.60 Å². The van der Waals surface area contributed by atoms with Crippen LogP contribution in [0.3, 0.4) is 0 Å². The van der Waals surface area contributed by atoms with Crippen LogP contribution >= 0.6 is 0 Å². The Hall–Kier alpha value is -0.0800. The monoisotopic (exact) mass is 183 g/mol. The van der Waals surface area contributed by atoms with Gasteiger partial charge in [-0.2, -0.15) is 0 Å². The molecule has 0 aromatic carbocycles. The second-order valence-corrected chi connectivity index (χ2v) is 4.84. The lowest BCUT2D eigenvalue weighted by Gasteiger charge is -2.37. The summed E-state index contributed by atoms with van der Waals surface area (Å²) in [5.74, 6) is 0.874. The molecule has 2 heteroatoms. The molecule has 2 rings (SSSR count). The van der Waals surface area contributed by atoms with E-state index in [0.29, 0.717) is 0 Å². The largest absolute Gasteiger partial charge is 0.374 e. The molecule has 13 heavy (non-hydrogen) atoms. The number of rotatable bonds is 3. The molecule has 1 saturated carbocycles. The maximum atomic E-state index is 6.01. The maximum absolute atomic E-state index is 6.01. The highest BCUT2D eigenvalue weighted by atomic mass is 16.5. The van der Waals surface area contributed by atoms with Crippen molar-refractivity contribution in [1.82, 2.24) is 5.32 Å². The first-order chi connectivity index (χ1) is 6.29. The summed E-state index contributed by atoms with van der Waals surface area (Å²) < 4.78 is 6.01. The fourth-order valence-corrected chi connectivity index (χ4v) is 2.13. The van der Waals surface area contributed by atoms with E-state index in [2.05, 4.69) is 12.2 Å². The van der Waals surface area contributed by atoms with Gasteiger partial charge in [-0.1, -0.05) is 6.42 Å². The molecule has 0 radical (unpaired) electrons. The van der Waals surface area contributed by atoms with Gasteiger partial charge in [-0.25, -0.2) is 0 Å². The third kappa shape index (κ3) is 2.44. The van der Waals surface area contributed by atoms with E-state index < -0.39 is 0 Å². The Morgan fingerprint density at radius 1 is 1.38 bits per heavy atom. The molecular weight excluding hydrogens is 162 g/mol. The molecule has 1 saturated heterocycles. The summed E-state index contributed by atoms with van der Waals surface area (Å²) in [4.78, 5) is 0. The molecule has 76 valence electrons. The van der Waals surface area contributed by atoms with Crippen molar-refractivity contribution in [2.75, 3.05) is 19.7 Å². The van der Waals surface area contributed by atoms with Gasteiger partial charge in [-0.15, -0.1) is 0 Å². The van der Waals surface area contributed by atoms with Gasteiger partial charge in [0.05, 0.1) is 12.2 Å². The van der Waals surface area contributed by atoms with Crippen LogP contribution < -0.4 is 5.32 Å². The summed E-state index contributed by atoms with van der Waals surface area (Å²) >= 11 is 0. The minimum Gasteiger partial charge on any atom is -0.374 e. The summed E-state index contributed by atoms with van der Waals surface area (Å²) in [5.41, 5.74) is 0.133. The molecule has 1 N–H and O–H groups in total. The fraction of sp³-hybridized carbons (Fsp3) is 1.00. The Morgan fingerprint density at radius 3 is 2.77 bits per heavy atom. The van der Waals surface area contributed by atoms with Crippen LogP contribution in [-0.2, 0) is 4.74 Å². The highest BCUT2D eigenvalue weighted by Gasteiger charge is 2.29. The van der Waals surface area contributed by atoms with Crippen molar-refractivity contribution < 1.29 is 4.74 Å². The zero-order valence-electron chi connectivity index (χ0n) is 8.64. The van der Waals surface area contributed by atoms with E-state index in [4.69, 9.17) is 4.74 Å². The van der Waals surface area contributed by atoms with Crippen LogP contribution in [0.15, 0.2) is 0 Å². The molecule has 1 aliphatic carbocycles. The smallest absolute Gasteiger partial charge is 0.0778 e. The lowest BCUT2D eigenvalue weighted by Crippen LogP contribution is -2.46. The molecule has 0 amide bonds. The Kier molecular flexibility index (Phi) is 2.89. The normalized spacial score (nSPS) is 35.8. The van der Waals surface area contributed by atoms with Crippen molar-refractivity contribution in [2.24, 2.45) is 5.92 Å². The fourth-order valence-electron chi connectivity index (χ4n) is 2.13. The average Bonchev–Trinajstić information content (AvgIpc) is 2.02. The van der Waals surface area contributed by atoms with Crippen LogP contribution in [0, 0.1) is 5.92 Å². The first-order valence-electron chi connectivity index (χ1n) is 5.63. The van der Waals surface area contributed by atoms with Gasteiger partial charge in [0.15, 0.2) is 0 Å². The molecule has 0 spiro atoms. The lowest BCUT2D eigenvalue weighted by atomic mass is 9.86. The van der Waals surface area contributed by atoms with Crippen molar-refractivity contribution in [1.29, 1.82) is 0 Å². The SMILES string of the molecule is CC1(OCC2CCC2)CCCNC1. The van der Waals surface area contributed by atoms with Crippen molar-refractivity contribution in [3.63, 3.8) is 0 Å². The molecule has 1 heterocycles. The number of ether oxygens (including phenoxy) is 1. The van der Waals surface area contributed by atoms with Gasteiger partial charge < -0.3 is 10.1 Å². The van der Waals surface area contributed by atoms with Gasteiger partial charge in [0.1, 0.15) is 0 Å². The van der Waals surface area contributed by atoms with E-state index in [0.717, 1.165) is 19.1 Å². The van der Waals surface area contributed by atoms with Crippen LogP contribution in [-0.4, -0.2) is 25.3 Å². The zero-order chi connectivity index (χ0) is 9.15. The Bertz CT molecular complexity index is 159. The number of piperidine rings is 1. The summed E-state index contributed by atoms with van der Waals surface area (Å²) in [6, 6.07) is 0. The summed E-state index contributed by atoms with van der Waals surface area (Å²) in [6.07, 6.45) is 6.70. The van der Waals surface area contributed by atoms with Gasteiger partial charge >= 0.3 is 0 Å². The molecule has 2 nitrogen and oxygen atoms in total. The molecule has 1 aliphatic heterocycles. The first-order valence-corrected chi connectivity index (χ1v) is 5.63. The Labute approximate surface area is 81.0 Å². The van der Waals surface area contributed by atoms with E-state index in [1.54, 1.807) is 0 Å². The third-order valence-corrected chi connectivity index (χ3v) is 3.45. The topological polar surface area (TPSA) is 21.3 Å². The molecule has 2 fully saturated rings. The molecule has 2 aliphatic rings. The number of hydrogen-bond acceptors (Lipinski definition) is 2. The zero-order valence-corrected chi connectivity index (χ0v) is 8.64. The predicted octanol–water partition coefficient (Wildman–Crippen LogP) is 1.95. The van der Waals surface area contributed by atoms with E-state index in [1.165, 1.54) is 38.6 Å². The third-order valence-electron chi connectivity index (χ3n) is 3.45. The lowest BCUT2D eigenvalue weighted by molar-refractivity contribution is -0.0709. The summed E-state index contributed by atoms with van der Waals surface area (Å²) in [6.45, 7) is 5.46. The molecular formula is C11H21NO. The average molecular weight is 183 g/mol. The van der Waals surface area contributed by atoms with E-state index >= 15 is 0 Å². The molecule has 1 unspecified atom stereocenters. The van der Waals surface area contributed by atoms with Gasteiger partial charge in [0.2, 0.25) is 0 Å². The summed E-state index contributed by atoms with van der Waals surface area (Å²) in [5, 5.41) is 3.41. The van der Waals surface area contributed by atoms with Crippen LogP contribution in [0.4, 0.5) is 0 Å². The minimum absolute atomic E-state index is 0.133. The van der Waals surface area contributed by atoms with Gasteiger partial charge in [-0.3, -0.25) is 0 Å². The van der Waals surface area contributed by atoms with Crippen LogP contribution in [0.2, 0.25) is 0 Å². The Balaban J connectivity index is 1.71. The molecule has 0 aromatic heterocycles. The molecule has 0 aromatic rings. The first kappa shape index (κ1) is 9.47. The predicted molar refractivity (Wildman–Crippen MR) is 53.8 cm³/mol. The van der Waals surface area contributed by atoms with E-state index in [9.17, 15) is 0 Å². The number of nitrogens with one attached hydrogen (secondary N) is 1. The second-order valence-electron chi connectivity index (χ2n) is 4.84. The minimum atomic E-state index is 0.133. The van der Waals surface area contributed by atoms with Crippen molar-refractivity contribution >= 4 is 0 Å². The van der Waals surface area contributed by atoms with Gasteiger partial charge in [0.25, 0.3) is 0 Å². The maximum Gasteiger partial charge on any atom is 0.0778 e. The highest BCUT2D eigenvalue weighted by Crippen LogP contribution is 2.29. The van der Waals surface area contributed by atoms with Gasteiger partial charge in [0, 0.05) is 6.54 Å². The second kappa shape index (κ2) is 3.97. The standard InChI is InChI=1S/C11H21NO/c1-11(6-3-7-12-9-11)13-8-10-4-2-5-10/h10,12H,2-9H2,1H3. The molecule has 0 bridgehead atoms.